The maximum Gasteiger partial charge on any atom is 0.236 e. The number of hydrogen-bond donors (Lipinski definition) is 4. The average Bonchev–Trinajstić information content (AvgIpc) is 3.59. The molecule has 12 aromatic carbocycles. The number of aliphatic hydroxyl groups is 2. The summed E-state index contributed by atoms with van der Waals surface area (Å²) in [5, 5.41) is 47.8. The molecule has 0 saturated heterocycles. The van der Waals surface area contributed by atoms with Crippen LogP contribution in [-0.2, 0) is 35.3 Å². The van der Waals surface area contributed by atoms with Gasteiger partial charge in [-0.05, 0) is 111 Å². The molecule has 0 saturated carbocycles. The van der Waals surface area contributed by atoms with Crippen LogP contribution in [0.25, 0.3) is 64.6 Å². The van der Waals surface area contributed by atoms with Crippen LogP contribution in [0.4, 0.5) is 0 Å². The Kier molecular flexibility index (Phi) is 15.5. The Balaban J connectivity index is 1.01. The lowest BCUT2D eigenvalue weighted by atomic mass is 9.73. The number of rotatable bonds is 20. The van der Waals surface area contributed by atoms with Crippen LogP contribution >= 0.6 is 0 Å². The van der Waals surface area contributed by atoms with Crippen LogP contribution in [-0.4, -0.2) is 33.2 Å². The molecule has 83 heavy (non-hydrogen) atoms. The predicted octanol–water partition coefficient (Wildman–Crippen LogP) is 16.6. The second-order valence-electron chi connectivity index (χ2n) is 23.2. The first-order valence-corrected chi connectivity index (χ1v) is 29.4. The third kappa shape index (κ3) is 11.3. The van der Waals surface area contributed by atoms with Crippen molar-refractivity contribution in [2.24, 2.45) is 5.41 Å². The minimum absolute atomic E-state index is 0.180. The number of amides is 2. The van der Waals surface area contributed by atoms with Crippen LogP contribution in [0.5, 0.6) is 0 Å². The summed E-state index contributed by atoms with van der Waals surface area (Å²) < 4.78 is 0. The Morgan fingerprint density at radius 1 is 0.337 bits per heavy atom. The van der Waals surface area contributed by atoms with Gasteiger partial charge in [0.05, 0.1) is 23.3 Å². The third-order valence-corrected chi connectivity index (χ3v) is 17.4. The van der Waals surface area contributed by atoms with Crippen LogP contribution in [0.15, 0.2) is 255 Å². The van der Waals surface area contributed by atoms with Crippen LogP contribution in [0.2, 0.25) is 0 Å². The topological polar surface area (TPSA) is 98.7 Å². The van der Waals surface area contributed by atoms with E-state index >= 15 is 9.59 Å². The molecule has 12 rings (SSSR count). The molecule has 0 aliphatic rings. The van der Waals surface area contributed by atoms with Crippen molar-refractivity contribution >= 4 is 76.4 Å². The molecule has 0 unspecified atom stereocenters. The molecule has 2 atom stereocenters. The Hall–Kier alpha value is -8.94. The molecule has 0 heterocycles. The lowest BCUT2D eigenvalue weighted by Gasteiger charge is -2.43. The summed E-state index contributed by atoms with van der Waals surface area (Å²) in [7, 11) is 0. The molecule has 0 fully saturated rings. The molecule has 0 spiro atoms. The molecule has 0 aliphatic carbocycles. The molecule has 0 aromatic heterocycles. The van der Waals surface area contributed by atoms with Crippen molar-refractivity contribution in [3.63, 3.8) is 0 Å². The fraction of sp³-hybridized carbons (Fsp3) is 0.195. The standard InChI is InChI=1S/C77H70N2O4/c1-3-43-75(44-4-2,73(80)78-71(69-33-17-29-61-23-13-15-31-67(61)69)76(82,49-53-35-39-57-19-5-9-25-63(57)45-53)50-54-36-40-58-20-6-10-26-64(58)46-54)74(81)79-72(70-34-18-30-62-24-14-16-32-68(62)70)77(83,51-55-37-41-59-21-7-11-27-65(59)47-55)52-56-38-42-60-22-8-12-28-66(60)48-56/h5-42,45-48,71-72,82-83H,3-4,43-44,49-52H2,1-2H3,(H,78,80)(H,79,81)/t71-,72-/m0/s1. The molecule has 12 aromatic rings. The zero-order valence-electron chi connectivity index (χ0n) is 47.3. The third-order valence-electron chi connectivity index (χ3n) is 17.4. The van der Waals surface area contributed by atoms with Crippen LogP contribution in [0.3, 0.4) is 0 Å². The summed E-state index contributed by atoms with van der Waals surface area (Å²) in [6, 6.07) is 84.4. The smallest absolute Gasteiger partial charge is 0.236 e. The van der Waals surface area contributed by atoms with Crippen molar-refractivity contribution in [2.75, 3.05) is 0 Å². The van der Waals surface area contributed by atoms with E-state index in [1.54, 1.807) is 0 Å². The zero-order valence-corrected chi connectivity index (χ0v) is 47.3. The fourth-order valence-electron chi connectivity index (χ4n) is 13.4. The first-order valence-electron chi connectivity index (χ1n) is 29.4. The molecular formula is C77H70N2O4. The molecule has 412 valence electrons. The quantitative estimate of drug-likeness (QED) is 0.0572. The predicted molar refractivity (Wildman–Crippen MR) is 342 cm³/mol. The monoisotopic (exact) mass is 1090 g/mol. The van der Waals surface area contributed by atoms with Crippen LogP contribution < -0.4 is 10.6 Å². The summed E-state index contributed by atoms with van der Waals surface area (Å²) in [5.74, 6) is -0.951. The van der Waals surface area contributed by atoms with E-state index in [1.807, 2.05) is 111 Å². The summed E-state index contributed by atoms with van der Waals surface area (Å²) in [5.41, 5.74) is 0.163. The molecule has 6 nitrogen and oxygen atoms in total. The van der Waals surface area contributed by atoms with Crippen LogP contribution in [0.1, 0.15) is 85.0 Å². The van der Waals surface area contributed by atoms with Crippen molar-refractivity contribution in [1.29, 1.82) is 0 Å². The van der Waals surface area contributed by atoms with Gasteiger partial charge in [0.25, 0.3) is 0 Å². The zero-order chi connectivity index (χ0) is 57.0. The number of carbonyl (C=O) groups excluding carboxylic acids is 2. The second-order valence-corrected chi connectivity index (χ2v) is 23.2. The summed E-state index contributed by atoms with van der Waals surface area (Å²) in [6.07, 6.45) is 2.16. The van der Waals surface area contributed by atoms with Gasteiger partial charge in [0, 0.05) is 25.7 Å². The summed E-state index contributed by atoms with van der Waals surface area (Å²) >= 11 is 0. The summed E-state index contributed by atoms with van der Waals surface area (Å²) in [4.78, 5) is 33.1. The second kappa shape index (κ2) is 23.5. The molecule has 6 heteroatoms. The lowest BCUT2D eigenvalue weighted by Crippen LogP contribution is -2.59. The van der Waals surface area contributed by atoms with E-state index in [1.165, 1.54) is 0 Å². The Labute approximate surface area is 486 Å². The molecule has 0 aliphatic heterocycles. The van der Waals surface area contributed by atoms with Gasteiger partial charge in [0.2, 0.25) is 11.8 Å². The van der Waals surface area contributed by atoms with Crippen molar-refractivity contribution < 1.29 is 19.8 Å². The van der Waals surface area contributed by atoms with Gasteiger partial charge in [0.1, 0.15) is 5.41 Å². The van der Waals surface area contributed by atoms with E-state index < -0.39 is 40.5 Å². The van der Waals surface area contributed by atoms with Gasteiger partial charge in [-0.15, -0.1) is 0 Å². The fourth-order valence-corrected chi connectivity index (χ4v) is 13.4. The Morgan fingerprint density at radius 3 is 0.904 bits per heavy atom. The van der Waals surface area contributed by atoms with Crippen molar-refractivity contribution in [1.82, 2.24) is 10.6 Å². The Morgan fingerprint density at radius 2 is 0.602 bits per heavy atom. The number of benzene rings is 12. The molecule has 2 amide bonds. The van der Waals surface area contributed by atoms with E-state index in [2.05, 4.69) is 168 Å². The van der Waals surface area contributed by atoms with Gasteiger partial charge in [-0.1, -0.05) is 281 Å². The highest BCUT2D eigenvalue weighted by atomic mass is 16.3. The largest absolute Gasteiger partial charge is 0.387 e. The first-order chi connectivity index (χ1) is 40.5. The van der Waals surface area contributed by atoms with Gasteiger partial charge in [0.15, 0.2) is 0 Å². The van der Waals surface area contributed by atoms with Gasteiger partial charge < -0.3 is 20.8 Å². The lowest BCUT2D eigenvalue weighted by molar-refractivity contribution is -0.149. The number of nitrogens with one attached hydrogen (secondary N) is 2. The minimum Gasteiger partial charge on any atom is -0.387 e. The molecule has 0 bridgehead atoms. The van der Waals surface area contributed by atoms with Gasteiger partial charge in [-0.2, -0.15) is 0 Å². The van der Waals surface area contributed by atoms with Gasteiger partial charge in [-0.25, -0.2) is 0 Å². The number of fused-ring (bicyclic) bond motifs is 6. The minimum atomic E-state index is -1.66. The molecule has 0 radical (unpaired) electrons. The SMILES string of the molecule is CCCC(CCC)(C(=O)N[C@@H](c1cccc2ccccc12)C(O)(Cc1ccc2ccccc2c1)Cc1ccc2ccccc2c1)C(=O)N[C@@H](c1cccc2ccccc12)C(O)(Cc1ccc2ccccc2c1)Cc1ccc2ccccc2c1. The van der Waals surface area contributed by atoms with Gasteiger partial charge in [-0.3, -0.25) is 9.59 Å². The van der Waals surface area contributed by atoms with Crippen molar-refractivity contribution in [3.8, 4) is 0 Å². The van der Waals surface area contributed by atoms with E-state index in [0.29, 0.717) is 12.8 Å². The van der Waals surface area contributed by atoms with E-state index in [9.17, 15) is 10.2 Å². The van der Waals surface area contributed by atoms with Crippen molar-refractivity contribution in [3.05, 3.63) is 288 Å². The van der Waals surface area contributed by atoms with Crippen molar-refractivity contribution in [2.45, 2.75) is 88.5 Å². The normalized spacial score (nSPS) is 13.0. The highest BCUT2D eigenvalue weighted by Crippen LogP contribution is 2.43. The Bertz CT molecular complexity index is 3880. The average molecular weight is 1090 g/mol. The highest BCUT2D eigenvalue weighted by Gasteiger charge is 2.51. The van der Waals surface area contributed by atoms with E-state index in [-0.39, 0.29) is 38.5 Å². The number of hydrogen-bond acceptors (Lipinski definition) is 4. The maximum absolute atomic E-state index is 16.6. The first kappa shape index (κ1) is 54.6. The molecular weight excluding hydrogens is 1020 g/mol. The molecule has 4 N–H and O–H groups in total. The van der Waals surface area contributed by atoms with E-state index in [0.717, 1.165) is 98.0 Å². The maximum atomic E-state index is 16.6. The van der Waals surface area contributed by atoms with Crippen LogP contribution in [0, 0.1) is 5.41 Å². The number of carbonyl (C=O) groups is 2. The van der Waals surface area contributed by atoms with Gasteiger partial charge >= 0.3 is 0 Å². The summed E-state index contributed by atoms with van der Waals surface area (Å²) in [6.45, 7) is 4.03. The van der Waals surface area contributed by atoms with E-state index in [4.69, 9.17) is 0 Å². The highest BCUT2D eigenvalue weighted by molar-refractivity contribution is 6.06.